The second kappa shape index (κ2) is 11.7. The maximum absolute atomic E-state index is 6.48. The van der Waals surface area contributed by atoms with Crippen LogP contribution in [0.1, 0.15) is 0 Å². The molecule has 7 nitrogen and oxygen atoms in total. The van der Waals surface area contributed by atoms with Gasteiger partial charge in [-0.1, -0.05) is 88.5 Å². The second-order valence-electron chi connectivity index (χ2n) is 11.1. The molecule has 5 aromatic carbocycles. The molecule has 0 amide bonds. The number of benzene rings is 5. The molecule has 0 N–H and O–H groups in total. The van der Waals surface area contributed by atoms with Crippen molar-refractivity contribution in [2.24, 2.45) is 0 Å². The molecule has 0 spiro atoms. The van der Waals surface area contributed by atoms with Crippen LogP contribution in [0.5, 0.6) is 11.6 Å². The molecule has 0 radical (unpaired) electrons. The number of aromatic nitrogens is 1. The molecule has 0 aliphatic carbocycles. The molecule has 1 aliphatic rings. The van der Waals surface area contributed by atoms with Crippen LogP contribution in [0.3, 0.4) is 0 Å². The standard InChI is InChI=1S/C39H25N4O3.Pt/c1-41-19-20-42(25-41)32-22-28(23-35-38(32)30-14-6-8-16-34(30)44-35)43(26-11-3-2-4-12-26)27-21-31-29-13-5-7-15-33(29)46-39(31)36(24-27)45-37-17-9-10-18-40-37;/h2-21,23,25H,1H3;/q-3;. The van der Waals surface area contributed by atoms with Crippen molar-refractivity contribution in [3.8, 4) is 11.6 Å². The summed E-state index contributed by atoms with van der Waals surface area (Å²) in [4.78, 5) is 10.6. The Kier molecular flexibility index (Phi) is 7.19. The molecule has 0 bridgehead atoms. The average Bonchev–Trinajstić information content (AvgIpc) is 3.81. The van der Waals surface area contributed by atoms with Gasteiger partial charge in [-0.15, -0.1) is 24.3 Å². The predicted molar refractivity (Wildman–Crippen MR) is 181 cm³/mol. The number of furan rings is 2. The predicted octanol–water partition coefficient (Wildman–Crippen LogP) is 10.1. The molecular weight excluding hydrogens is 768 g/mol. The molecule has 8 aromatic rings. The fourth-order valence-electron chi connectivity index (χ4n) is 6.06. The van der Waals surface area contributed by atoms with Gasteiger partial charge in [0.2, 0.25) is 5.88 Å². The first-order chi connectivity index (χ1) is 22.7. The fourth-order valence-corrected chi connectivity index (χ4v) is 6.06. The van der Waals surface area contributed by atoms with Gasteiger partial charge >= 0.3 is 0 Å². The summed E-state index contributed by atoms with van der Waals surface area (Å²) in [6.07, 6.45) is 5.74. The number of fused-ring (bicyclic) bond motifs is 6. The second-order valence-corrected chi connectivity index (χ2v) is 11.1. The molecule has 0 fully saturated rings. The molecular formula is C39H25N4O3Pt-3. The molecule has 47 heavy (non-hydrogen) atoms. The van der Waals surface area contributed by atoms with Crippen LogP contribution in [0.2, 0.25) is 0 Å². The molecule has 9 rings (SSSR count). The Morgan fingerprint density at radius 2 is 1.45 bits per heavy atom. The molecule has 232 valence electrons. The van der Waals surface area contributed by atoms with E-state index in [4.69, 9.17) is 13.6 Å². The van der Waals surface area contributed by atoms with Crippen molar-refractivity contribution in [2.75, 3.05) is 16.8 Å². The van der Waals surface area contributed by atoms with Crippen LogP contribution in [-0.4, -0.2) is 16.9 Å². The monoisotopic (exact) mass is 792 g/mol. The largest absolute Gasteiger partial charge is 0.512 e. The normalized spacial score (nSPS) is 12.8. The van der Waals surface area contributed by atoms with Gasteiger partial charge in [0.1, 0.15) is 11.2 Å². The summed E-state index contributed by atoms with van der Waals surface area (Å²) >= 11 is 0. The third-order valence-electron chi connectivity index (χ3n) is 8.10. The Morgan fingerprint density at radius 3 is 2.21 bits per heavy atom. The Balaban J connectivity index is 0.00000324. The van der Waals surface area contributed by atoms with Crippen molar-refractivity contribution in [1.29, 1.82) is 0 Å². The van der Waals surface area contributed by atoms with Crippen molar-refractivity contribution in [1.82, 2.24) is 9.88 Å². The van der Waals surface area contributed by atoms with E-state index in [1.165, 1.54) is 0 Å². The zero-order valence-corrected chi connectivity index (χ0v) is 27.3. The molecule has 0 saturated heterocycles. The Hall–Kier alpha value is -5.52. The summed E-state index contributed by atoms with van der Waals surface area (Å²) in [5.41, 5.74) is 6.24. The van der Waals surface area contributed by atoms with Crippen molar-refractivity contribution < 1.29 is 34.6 Å². The van der Waals surface area contributed by atoms with E-state index in [9.17, 15) is 0 Å². The van der Waals surface area contributed by atoms with Crippen LogP contribution in [0.25, 0.3) is 43.9 Å². The zero-order chi connectivity index (χ0) is 30.6. The van der Waals surface area contributed by atoms with Gasteiger partial charge in [-0.05, 0) is 55.2 Å². The molecule has 4 heterocycles. The molecule has 1 aliphatic heterocycles. The summed E-state index contributed by atoms with van der Waals surface area (Å²) in [5, 5.41) is 3.90. The van der Waals surface area contributed by atoms with Crippen molar-refractivity contribution in [2.45, 2.75) is 0 Å². The summed E-state index contributed by atoms with van der Waals surface area (Å²) < 4.78 is 19.2. The number of para-hydroxylation sites is 3. The zero-order valence-electron chi connectivity index (χ0n) is 25.0. The van der Waals surface area contributed by atoms with E-state index in [2.05, 4.69) is 57.2 Å². The van der Waals surface area contributed by atoms with E-state index < -0.39 is 0 Å². The van der Waals surface area contributed by atoms with E-state index >= 15 is 0 Å². The quantitative estimate of drug-likeness (QED) is 0.156. The Bertz CT molecular complexity index is 2420. The Morgan fingerprint density at radius 1 is 0.723 bits per heavy atom. The summed E-state index contributed by atoms with van der Waals surface area (Å²) in [6.45, 7) is 2.03. The molecule has 0 saturated carbocycles. The smallest absolute Gasteiger partial charge is 0.216 e. The van der Waals surface area contributed by atoms with E-state index in [1.807, 2.05) is 110 Å². The first kappa shape index (κ1) is 28.9. The summed E-state index contributed by atoms with van der Waals surface area (Å²) in [6, 6.07) is 43.3. The number of pyridine rings is 1. The first-order valence-corrected chi connectivity index (χ1v) is 14.9. The minimum absolute atomic E-state index is 0. The number of rotatable bonds is 6. The van der Waals surface area contributed by atoms with E-state index in [0.29, 0.717) is 17.2 Å². The van der Waals surface area contributed by atoms with Crippen LogP contribution < -0.4 is 14.5 Å². The number of ether oxygens (including phenoxy) is 1. The first-order valence-electron chi connectivity index (χ1n) is 14.9. The van der Waals surface area contributed by atoms with Gasteiger partial charge in [0.15, 0.2) is 0 Å². The molecule has 3 aromatic heterocycles. The maximum Gasteiger partial charge on any atom is 0.216 e. The summed E-state index contributed by atoms with van der Waals surface area (Å²) in [5.74, 6) is 0.882. The van der Waals surface area contributed by atoms with Gasteiger partial charge < -0.3 is 28.3 Å². The van der Waals surface area contributed by atoms with Crippen LogP contribution in [0.15, 0.2) is 137 Å². The van der Waals surface area contributed by atoms with Crippen molar-refractivity contribution in [3.05, 3.63) is 147 Å². The topological polar surface area (TPSA) is 58.1 Å². The van der Waals surface area contributed by atoms with Gasteiger partial charge in [0.05, 0.1) is 11.3 Å². The van der Waals surface area contributed by atoms with Crippen LogP contribution in [0, 0.1) is 18.8 Å². The van der Waals surface area contributed by atoms with Crippen molar-refractivity contribution >= 4 is 66.6 Å². The van der Waals surface area contributed by atoms with Crippen LogP contribution in [-0.2, 0) is 21.1 Å². The van der Waals surface area contributed by atoms with E-state index in [1.54, 1.807) is 6.20 Å². The van der Waals surface area contributed by atoms with E-state index in [-0.39, 0.29) is 21.1 Å². The number of hydrogen-bond acceptors (Lipinski definition) is 7. The third kappa shape index (κ3) is 5.00. The molecule has 8 heteroatoms. The van der Waals surface area contributed by atoms with Gasteiger partial charge in [0, 0.05) is 50.0 Å². The number of anilines is 4. The van der Waals surface area contributed by atoms with Gasteiger partial charge in [-0.3, -0.25) is 0 Å². The third-order valence-corrected chi connectivity index (χ3v) is 8.10. The van der Waals surface area contributed by atoms with Crippen molar-refractivity contribution in [3.63, 3.8) is 0 Å². The number of nitrogens with zero attached hydrogens (tertiary/aromatic N) is 4. The van der Waals surface area contributed by atoms with Gasteiger partial charge in [-0.2, -0.15) is 6.67 Å². The number of hydrogen-bond donors (Lipinski definition) is 0. The minimum atomic E-state index is 0. The van der Waals surface area contributed by atoms with Crippen LogP contribution in [0.4, 0.5) is 22.7 Å². The summed E-state index contributed by atoms with van der Waals surface area (Å²) in [7, 11) is 2.00. The maximum atomic E-state index is 6.48. The van der Waals surface area contributed by atoms with Gasteiger partial charge in [0.25, 0.3) is 0 Å². The van der Waals surface area contributed by atoms with E-state index in [0.717, 1.165) is 61.0 Å². The molecule has 0 atom stereocenters. The fraction of sp³-hybridized carbons (Fsp3) is 0.0256. The SMILES string of the molecule is CN1C=CN(c2[c-]c(N(c3[c-]c(Oc4ccccn4)c4oc5ccccc5c4c3)c3ccccc3)cc3oc4ccccc4c23)[CH-]1.[Pt]. The minimum Gasteiger partial charge on any atom is -0.512 e. The van der Waals surface area contributed by atoms with Crippen LogP contribution >= 0.6 is 0 Å². The Labute approximate surface area is 285 Å². The average molecular weight is 793 g/mol. The van der Waals surface area contributed by atoms with Gasteiger partial charge in [-0.25, -0.2) is 4.98 Å². The molecule has 0 unspecified atom stereocenters.